The van der Waals surface area contributed by atoms with E-state index in [0.29, 0.717) is 36.6 Å². The van der Waals surface area contributed by atoms with Gasteiger partial charge in [0.2, 0.25) is 0 Å². The Kier molecular flexibility index (Phi) is 10.6. The number of rotatable bonds is 8. The van der Waals surface area contributed by atoms with Crippen molar-refractivity contribution in [1.82, 2.24) is 10.2 Å². The summed E-state index contributed by atoms with van der Waals surface area (Å²) in [5.41, 5.74) is 1.84. The highest BCUT2D eigenvalue weighted by molar-refractivity contribution is 5.96. The summed E-state index contributed by atoms with van der Waals surface area (Å²) in [6.45, 7) is 3.79. The summed E-state index contributed by atoms with van der Waals surface area (Å²) in [5.74, 6) is -2.07. The average molecular weight is 456 g/mol. The summed E-state index contributed by atoms with van der Waals surface area (Å²) < 4.78 is 11.0. The number of amides is 1. The molecule has 2 aromatic carbocycles. The van der Waals surface area contributed by atoms with Crippen molar-refractivity contribution in [1.29, 1.82) is 0 Å². The summed E-state index contributed by atoms with van der Waals surface area (Å²) in [4.78, 5) is 33.8. The number of carboxylic acid groups (broad SMARTS) is 2. The van der Waals surface area contributed by atoms with Gasteiger partial charge in [-0.15, -0.1) is 0 Å². The summed E-state index contributed by atoms with van der Waals surface area (Å²) in [6.07, 6.45) is 1.11. The van der Waals surface area contributed by atoms with E-state index in [1.54, 1.807) is 19.2 Å². The van der Waals surface area contributed by atoms with E-state index in [0.717, 1.165) is 19.6 Å². The Bertz CT molecular complexity index is 931. The van der Waals surface area contributed by atoms with Gasteiger partial charge >= 0.3 is 11.9 Å². The number of hydrogen-bond acceptors (Lipinski definition) is 6. The number of nitrogens with one attached hydrogen (secondary N) is 1. The number of carboxylic acids is 2. The highest BCUT2D eigenvalue weighted by Gasteiger charge is 2.21. The van der Waals surface area contributed by atoms with Crippen LogP contribution in [0.5, 0.6) is 5.75 Å². The predicted molar refractivity (Wildman–Crippen MR) is 121 cm³/mol. The van der Waals surface area contributed by atoms with Crippen LogP contribution in [0.15, 0.2) is 66.7 Å². The number of nitrogens with zero attached hydrogens (tertiary/aromatic N) is 1. The van der Waals surface area contributed by atoms with E-state index in [2.05, 4.69) is 34.5 Å². The number of para-hydroxylation sites is 1. The zero-order valence-corrected chi connectivity index (χ0v) is 18.3. The topological polar surface area (TPSA) is 125 Å². The monoisotopic (exact) mass is 456 g/mol. The Morgan fingerprint density at radius 2 is 1.70 bits per heavy atom. The van der Waals surface area contributed by atoms with E-state index >= 15 is 0 Å². The lowest BCUT2D eigenvalue weighted by molar-refractivity contribution is -0.134. The molecule has 1 fully saturated rings. The van der Waals surface area contributed by atoms with Crippen LogP contribution in [0.2, 0.25) is 0 Å². The molecular weight excluding hydrogens is 428 g/mol. The van der Waals surface area contributed by atoms with Gasteiger partial charge in [-0.25, -0.2) is 9.59 Å². The average Bonchev–Trinajstić information content (AvgIpc) is 2.82. The Balaban J connectivity index is 0.000000414. The fraction of sp³-hybridized carbons (Fsp3) is 0.292. The first-order chi connectivity index (χ1) is 15.9. The van der Waals surface area contributed by atoms with E-state index in [4.69, 9.17) is 19.7 Å². The zero-order chi connectivity index (χ0) is 24.1. The number of morpholine rings is 1. The number of carbonyl (C=O) groups is 3. The predicted octanol–water partition coefficient (Wildman–Crippen LogP) is 2.04. The maximum Gasteiger partial charge on any atom is 0.328 e. The van der Waals surface area contributed by atoms with Gasteiger partial charge in [-0.3, -0.25) is 9.69 Å². The normalized spacial score (nSPS) is 15.8. The minimum Gasteiger partial charge on any atom is -0.496 e. The van der Waals surface area contributed by atoms with Gasteiger partial charge in [0.1, 0.15) is 5.75 Å². The minimum atomic E-state index is -1.26. The van der Waals surface area contributed by atoms with Crippen LogP contribution >= 0.6 is 0 Å². The van der Waals surface area contributed by atoms with Crippen LogP contribution in [0.4, 0.5) is 0 Å². The number of benzene rings is 2. The number of methoxy groups -OCH3 is 1. The molecule has 0 bridgehead atoms. The first-order valence-electron chi connectivity index (χ1n) is 10.3. The second-order valence-electron chi connectivity index (χ2n) is 7.13. The van der Waals surface area contributed by atoms with Crippen molar-refractivity contribution in [3.63, 3.8) is 0 Å². The molecule has 3 N–H and O–H groups in total. The van der Waals surface area contributed by atoms with Crippen molar-refractivity contribution in [3.8, 4) is 5.75 Å². The lowest BCUT2D eigenvalue weighted by Gasteiger charge is -2.33. The molecule has 1 amide bonds. The maximum atomic E-state index is 12.4. The minimum absolute atomic E-state index is 0.00359. The van der Waals surface area contributed by atoms with Gasteiger partial charge in [0.15, 0.2) is 0 Å². The standard InChI is InChI=1S/C20H24N2O3.C4H4O4/c1-24-19-10-6-5-9-18(19)20(23)21-13-17-15-22(11-12-25-17)14-16-7-3-2-4-8-16;5-3(6)1-2-4(7)8/h2-10,17H,11-15H2,1H3,(H,21,23);1-2H,(H,5,6)(H,7,8)/b;2-1+. The summed E-state index contributed by atoms with van der Waals surface area (Å²) >= 11 is 0. The van der Waals surface area contributed by atoms with Gasteiger partial charge in [0, 0.05) is 38.3 Å². The van der Waals surface area contributed by atoms with Crippen molar-refractivity contribution in [2.24, 2.45) is 0 Å². The molecule has 1 aliphatic heterocycles. The second-order valence-corrected chi connectivity index (χ2v) is 7.13. The maximum absolute atomic E-state index is 12.4. The van der Waals surface area contributed by atoms with Crippen molar-refractivity contribution in [3.05, 3.63) is 77.9 Å². The number of carbonyl (C=O) groups excluding carboxylic acids is 1. The van der Waals surface area contributed by atoms with Crippen LogP contribution in [-0.2, 0) is 20.9 Å². The lowest BCUT2D eigenvalue weighted by Crippen LogP contribution is -2.47. The van der Waals surface area contributed by atoms with Crippen LogP contribution in [-0.4, -0.2) is 72.4 Å². The molecule has 2 aromatic rings. The first-order valence-corrected chi connectivity index (χ1v) is 10.3. The van der Waals surface area contributed by atoms with Gasteiger partial charge < -0.3 is 25.0 Å². The largest absolute Gasteiger partial charge is 0.496 e. The molecule has 0 spiro atoms. The SMILES string of the molecule is COc1ccccc1C(=O)NCC1CN(Cc2ccccc2)CCO1.O=C(O)/C=C/C(=O)O. The van der Waals surface area contributed by atoms with Crippen LogP contribution in [0.1, 0.15) is 15.9 Å². The van der Waals surface area contributed by atoms with Crippen LogP contribution in [0.3, 0.4) is 0 Å². The molecule has 1 heterocycles. The van der Waals surface area contributed by atoms with E-state index in [1.807, 2.05) is 18.2 Å². The Morgan fingerprint density at radius 1 is 1.06 bits per heavy atom. The van der Waals surface area contributed by atoms with E-state index in [1.165, 1.54) is 5.56 Å². The fourth-order valence-corrected chi connectivity index (χ4v) is 3.17. The molecule has 0 aromatic heterocycles. The fourth-order valence-electron chi connectivity index (χ4n) is 3.17. The van der Waals surface area contributed by atoms with E-state index in [9.17, 15) is 14.4 Å². The summed E-state index contributed by atoms with van der Waals surface area (Å²) in [5, 5.41) is 18.6. The third-order valence-electron chi connectivity index (χ3n) is 4.68. The van der Waals surface area contributed by atoms with Crippen LogP contribution < -0.4 is 10.1 Å². The molecule has 176 valence electrons. The molecular formula is C24H28N2O7. The highest BCUT2D eigenvalue weighted by Crippen LogP contribution is 2.17. The van der Waals surface area contributed by atoms with Crippen LogP contribution in [0, 0.1) is 0 Å². The molecule has 9 nitrogen and oxygen atoms in total. The number of hydrogen-bond donors (Lipinski definition) is 3. The molecule has 33 heavy (non-hydrogen) atoms. The molecule has 1 atom stereocenters. The van der Waals surface area contributed by atoms with Gasteiger partial charge in [0.25, 0.3) is 5.91 Å². The Morgan fingerprint density at radius 3 is 2.33 bits per heavy atom. The third-order valence-corrected chi connectivity index (χ3v) is 4.68. The molecule has 0 radical (unpaired) electrons. The summed E-state index contributed by atoms with van der Waals surface area (Å²) in [6, 6.07) is 17.6. The van der Waals surface area contributed by atoms with Gasteiger partial charge in [-0.1, -0.05) is 42.5 Å². The second kappa shape index (κ2) is 13.7. The Hall–Kier alpha value is -3.69. The Labute approximate surface area is 192 Å². The molecule has 1 unspecified atom stereocenters. The lowest BCUT2D eigenvalue weighted by atomic mass is 10.1. The highest BCUT2D eigenvalue weighted by atomic mass is 16.5. The smallest absolute Gasteiger partial charge is 0.328 e. The van der Waals surface area contributed by atoms with Gasteiger partial charge in [0.05, 0.1) is 25.4 Å². The third kappa shape index (κ3) is 9.55. The van der Waals surface area contributed by atoms with Crippen molar-refractivity contribution in [2.45, 2.75) is 12.6 Å². The van der Waals surface area contributed by atoms with Crippen molar-refractivity contribution in [2.75, 3.05) is 33.4 Å². The molecule has 0 saturated carbocycles. The van der Waals surface area contributed by atoms with E-state index < -0.39 is 11.9 Å². The molecule has 3 rings (SSSR count). The van der Waals surface area contributed by atoms with Gasteiger partial charge in [-0.05, 0) is 17.7 Å². The van der Waals surface area contributed by atoms with Crippen LogP contribution in [0.25, 0.3) is 0 Å². The molecule has 0 aliphatic carbocycles. The zero-order valence-electron chi connectivity index (χ0n) is 18.3. The summed E-state index contributed by atoms with van der Waals surface area (Å²) in [7, 11) is 1.57. The first kappa shape index (κ1) is 25.6. The van der Waals surface area contributed by atoms with E-state index in [-0.39, 0.29) is 12.0 Å². The van der Waals surface area contributed by atoms with Crippen molar-refractivity contribution < 1.29 is 34.1 Å². The quantitative estimate of drug-likeness (QED) is 0.516. The van der Waals surface area contributed by atoms with Gasteiger partial charge in [-0.2, -0.15) is 0 Å². The number of aliphatic carboxylic acids is 2. The molecule has 9 heteroatoms. The number of ether oxygens (including phenoxy) is 2. The van der Waals surface area contributed by atoms with Crippen molar-refractivity contribution >= 4 is 17.8 Å². The molecule has 1 aliphatic rings. The molecule has 1 saturated heterocycles.